The van der Waals surface area contributed by atoms with E-state index in [-0.39, 0.29) is 11.3 Å². The SMILES string of the molecule is Cc1ccc(CC(=O)N(C)CC2(CN)CC2)c(C)c1. The summed E-state index contributed by atoms with van der Waals surface area (Å²) in [6.45, 7) is 5.63. The van der Waals surface area contributed by atoms with Crippen LogP contribution in [0.5, 0.6) is 0 Å². The predicted octanol–water partition coefficient (Wildman–Crippen LogP) is 2.04. The Kier molecular flexibility index (Phi) is 3.95. The molecule has 1 aliphatic rings. The molecule has 19 heavy (non-hydrogen) atoms. The van der Waals surface area contributed by atoms with Crippen LogP contribution < -0.4 is 5.73 Å². The Balaban J connectivity index is 1.96. The molecule has 3 heteroatoms. The molecule has 0 saturated heterocycles. The number of carbonyl (C=O) groups is 1. The lowest BCUT2D eigenvalue weighted by atomic mass is 10.0. The Bertz CT molecular complexity index is 478. The Morgan fingerprint density at radius 1 is 1.37 bits per heavy atom. The van der Waals surface area contributed by atoms with Crippen molar-refractivity contribution in [2.24, 2.45) is 11.1 Å². The van der Waals surface area contributed by atoms with Crippen molar-refractivity contribution in [2.75, 3.05) is 20.1 Å². The summed E-state index contributed by atoms with van der Waals surface area (Å²) in [6, 6.07) is 6.26. The molecule has 1 aromatic carbocycles. The van der Waals surface area contributed by atoms with Crippen molar-refractivity contribution < 1.29 is 4.79 Å². The average molecular weight is 260 g/mol. The predicted molar refractivity (Wildman–Crippen MR) is 78.0 cm³/mol. The minimum atomic E-state index is 0.187. The normalized spacial score (nSPS) is 16.2. The van der Waals surface area contributed by atoms with E-state index in [9.17, 15) is 4.79 Å². The minimum Gasteiger partial charge on any atom is -0.345 e. The second-order valence-corrected chi connectivity index (χ2v) is 6.06. The lowest BCUT2D eigenvalue weighted by molar-refractivity contribution is -0.129. The quantitative estimate of drug-likeness (QED) is 0.880. The summed E-state index contributed by atoms with van der Waals surface area (Å²) in [5, 5.41) is 0. The maximum Gasteiger partial charge on any atom is 0.226 e. The highest BCUT2D eigenvalue weighted by Crippen LogP contribution is 2.44. The van der Waals surface area contributed by atoms with Gasteiger partial charge in [0.05, 0.1) is 6.42 Å². The van der Waals surface area contributed by atoms with Crippen LogP contribution >= 0.6 is 0 Å². The van der Waals surface area contributed by atoms with Crippen molar-refractivity contribution in [3.8, 4) is 0 Å². The number of amides is 1. The molecule has 0 atom stereocenters. The summed E-state index contributed by atoms with van der Waals surface area (Å²) in [5.74, 6) is 0.187. The van der Waals surface area contributed by atoms with Gasteiger partial charge in [0.2, 0.25) is 5.91 Å². The molecular weight excluding hydrogens is 236 g/mol. The zero-order chi connectivity index (χ0) is 14.0. The van der Waals surface area contributed by atoms with E-state index in [1.807, 2.05) is 11.9 Å². The minimum absolute atomic E-state index is 0.187. The van der Waals surface area contributed by atoms with E-state index in [0.717, 1.165) is 24.9 Å². The fraction of sp³-hybridized carbons (Fsp3) is 0.562. The van der Waals surface area contributed by atoms with Gasteiger partial charge in [-0.15, -0.1) is 0 Å². The maximum absolute atomic E-state index is 12.3. The van der Waals surface area contributed by atoms with Crippen molar-refractivity contribution >= 4 is 5.91 Å². The van der Waals surface area contributed by atoms with Gasteiger partial charge >= 0.3 is 0 Å². The van der Waals surface area contributed by atoms with Gasteiger partial charge in [0.25, 0.3) is 0 Å². The van der Waals surface area contributed by atoms with Crippen LogP contribution in [0, 0.1) is 19.3 Å². The number of rotatable bonds is 5. The molecule has 0 unspecified atom stereocenters. The van der Waals surface area contributed by atoms with Crippen LogP contribution in [-0.4, -0.2) is 30.9 Å². The van der Waals surface area contributed by atoms with Crippen LogP contribution in [0.1, 0.15) is 29.5 Å². The molecule has 0 radical (unpaired) electrons. The molecule has 0 aromatic heterocycles. The molecule has 1 aromatic rings. The summed E-state index contributed by atoms with van der Waals surface area (Å²) in [5.41, 5.74) is 9.55. The molecule has 0 heterocycles. The van der Waals surface area contributed by atoms with Crippen molar-refractivity contribution in [2.45, 2.75) is 33.1 Å². The zero-order valence-corrected chi connectivity index (χ0v) is 12.2. The molecule has 104 valence electrons. The number of benzene rings is 1. The number of nitrogens with two attached hydrogens (primary N) is 1. The van der Waals surface area contributed by atoms with Crippen LogP contribution in [-0.2, 0) is 11.2 Å². The molecule has 2 N–H and O–H groups in total. The topological polar surface area (TPSA) is 46.3 Å². The van der Waals surface area contributed by atoms with E-state index < -0.39 is 0 Å². The zero-order valence-electron chi connectivity index (χ0n) is 12.2. The summed E-state index contributed by atoms with van der Waals surface area (Å²) in [6.07, 6.45) is 2.80. The van der Waals surface area contributed by atoms with Gasteiger partial charge in [-0.2, -0.15) is 0 Å². The first-order chi connectivity index (χ1) is 8.96. The number of hydrogen-bond acceptors (Lipinski definition) is 2. The lowest BCUT2D eigenvalue weighted by Crippen LogP contribution is -2.36. The Morgan fingerprint density at radius 3 is 2.58 bits per heavy atom. The van der Waals surface area contributed by atoms with Gasteiger partial charge in [0.1, 0.15) is 0 Å². The standard InChI is InChI=1S/C16H24N2O/c1-12-4-5-14(13(2)8-12)9-15(19)18(3)11-16(10-17)6-7-16/h4-5,8H,6-7,9-11,17H2,1-3H3. The molecular formula is C16H24N2O. The van der Waals surface area contributed by atoms with Gasteiger partial charge in [-0.1, -0.05) is 23.8 Å². The van der Waals surface area contributed by atoms with Crippen LogP contribution in [0.4, 0.5) is 0 Å². The monoisotopic (exact) mass is 260 g/mol. The van der Waals surface area contributed by atoms with E-state index in [1.165, 1.54) is 11.1 Å². The molecule has 0 bridgehead atoms. The van der Waals surface area contributed by atoms with Gasteiger partial charge in [-0.05, 0) is 44.4 Å². The largest absolute Gasteiger partial charge is 0.345 e. The second kappa shape index (κ2) is 5.33. The Morgan fingerprint density at radius 2 is 2.05 bits per heavy atom. The molecule has 0 spiro atoms. The highest BCUT2D eigenvalue weighted by Gasteiger charge is 2.42. The van der Waals surface area contributed by atoms with Crippen LogP contribution in [0.25, 0.3) is 0 Å². The van der Waals surface area contributed by atoms with Crippen molar-refractivity contribution in [3.05, 3.63) is 34.9 Å². The summed E-state index contributed by atoms with van der Waals surface area (Å²) >= 11 is 0. The van der Waals surface area contributed by atoms with Gasteiger partial charge < -0.3 is 10.6 Å². The molecule has 3 nitrogen and oxygen atoms in total. The van der Waals surface area contributed by atoms with Crippen molar-refractivity contribution in [1.29, 1.82) is 0 Å². The third-order valence-electron chi connectivity index (χ3n) is 4.23. The van der Waals surface area contributed by atoms with E-state index in [4.69, 9.17) is 5.73 Å². The number of hydrogen-bond donors (Lipinski definition) is 1. The molecule has 1 saturated carbocycles. The number of likely N-dealkylation sites (N-methyl/N-ethyl adjacent to an activating group) is 1. The fourth-order valence-electron chi connectivity index (χ4n) is 2.54. The molecule has 0 aliphatic heterocycles. The van der Waals surface area contributed by atoms with E-state index >= 15 is 0 Å². The number of nitrogens with zero attached hydrogens (tertiary/aromatic N) is 1. The molecule has 1 amide bonds. The van der Waals surface area contributed by atoms with Crippen molar-refractivity contribution in [1.82, 2.24) is 4.90 Å². The van der Waals surface area contributed by atoms with Gasteiger partial charge in [0.15, 0.2) is 0 Å². The van der Waals surface area contributed by atoms with Gasteiger partial charge in [-0.3, -0.25) is 4.79 Å². The van der Waals surface area contributed by atoms with Gasteiger partial charge in [-0.25, -0.2) is 0 Å². The summed E-state index contributed by atoms with van der Waals surface area (Å²) < 4.78 is 0. The highest BCUT2D eigenvalue weighted by atomic mass is 16.2. The first-order valence-corrected chi connectivity index (χ1v) is 6.96. The Labute approximate surface area is 115 Å². The first-order valence-electron chi connectivity index (χ1n) is 6.96. The summed E-state index contributed by atoms with van der Waals surface area (Å²) in [7, 11) is 1.89. The molecule has 1 aliphatic carbocycles. The van der Waals surface area contributed by atoms with Crippen LogP contribution in [0.15, 0.2) is 18.2 Å². The number of aryl methyl sites for hydroxylation is 2. The second-order valence-electron chi connectivity index (χ2n) is 6.06. The van der Waals surface area contributed by atoms with E-state index in [2.05, 4.69) is 32.0 Å². The third-order valence-corrected chi connectivity index (χ3v) is 4.23. The van der Waals surface area contributed by atoms with Crippen molar-refractivity contribution in [3.63, 3.8) is 0 Å². The van der Waals surface area contributed by atoms with Crippen LogP contribution in [0.2, 0.25) is 0 Å². The average Bonchev–Trinajstić information content (AvgIpc) is 3.13. The third kappa shape index (κ3) is 3.35. The molecule has 2 rings (SSSR count). The highest BCUT2D eigenvalue weighted by molar-refractivity contribution is 5.79. The van der Waals surface area contributed by atoms with Gasteiger partial charge in [0, 0.05) is 19.0 Å². The summed E-state index contributed by atoms with van der Waals surface area (Å²) in [4.78, 5) is 14.1. The smallest absolute Gasteiger partial charge is 0.226 e. The van der Waals surface area contributed by atoms with E-state index in [1.54, 1.807) is 0 Å². The number of carbonyl (C=O) groups excluding carboxylic acids is 1. The maximum atomic E-state index is 12.3. The van der Waals surface area contributed by atoms with Crippen LogP contribution in [0.3, 0.4) is 0 Å². The lowest BCUT2D eigenvalue weighted by Gasteiger charge is -2.23. The molecule has 1 fully saturated rings. The first kappa shape index (κ1) is 14.1. The van der Waals surface area contributed by atoms with E-state index in [0.29, 0.717) is 13.0 Å². The Hall–Kier alpha value is -1.35. The fourth-order valence-corrected chi connectivity index (χ4v) is 2.54.